The van der Waals surface area contributed by atoms with Crippen molar-refractivity contribution in [2.45, 2.75) is 44.4 Å². The number of nitrogens with one attached hydrogen (secondary N) is 1. The molecule has 1 aliphatic rings. The van der Waals surface area contributed by atoms with Crippen LogP contribution in [-0.2, 0) is 11.3 Å². The topological polar surface area (TPSA) is 67.2 Å². The number of aromatic nitrogens is 2. The normalized spacial score (nSPS) is 22.0. The third kappa shape index (κ3) is 3.75. The van der Waals surface area contributed by atoms with Crippen molar-refractivity contribution < 1.29 is 9.90 Å². The summed E-state index contributed by atoms with van der Waals surface area (Å²) in [5, 5.41) is 14.7. The van der Waals surface area contributed by atoms with Gasteiger partial charge in [-0.05, 0) is 36.6 Å². The largest absolute Gasteiger partial charge is 0.393 e. The fourth-order valence-electron chi connectivity index (χ4n) is 2.88. The lowest BCUT2D eigenvalue weighted by Crippen LogP contribution is -2.41. The van der Waals surface area contributed by atoms with Crippen molar-refractivity contribution in [3.63, 3.8) is 0 Å². The van der Waals surface area contributed by atoms with Crippen molar-refractivity contribution in [2.75, 3.05) is 0 Å². The number of amides is 1. The van der Waals surface area contributed by atoms with E-state index in [2.05, 4.69) is 16.4 Å². The van der Waals surface area contributed by atoms with Crippen LogP contribution in [0.1, 0.15) is 36.6 Å². The first-order chi connectivity index (χ1) is 10.7. The lowest BCUT2D eigenvalue weighted by atomic mass is 9.76. The molecule has 0 radical (unpaired) electrons. The van der Waals surface area contributed by atoms with Gasteiger partial charge in [0.15, 0.2) is 0 Å². The molecule has 1 unspecified atom stereocenters. The van der Waals surface area contributed by atoms with Crippen LogP contribution in [0, 0.1) is 5.92 Å². The van der Waals surface area contributed by atoms with Gasteiger partial charge in [0.1, 0.15) is 0 Å². The predicted octanol–water partition coefficient (Wildman–Crippen LogP) is 2.35. The van der Waals surface area contributed by atoms with E-state index in [0.29, 0.717) is 12.3 Å². The molecule has 1 saturated carbocycles. The number of aliphatic hydroxyl groups is 1. The molecule has 3 rings (SSSR count). The molecule has 2 heterocycles. The summed E-state index contributed by atoms with van der Waals surface area (Å²) >= 11 is 1.66. The quantitative estimate of drug-likeness (QED) is 0.823. The lowest BCUT2D eigenvalue weighted by Gasteiger charge is -2.37. The van der Waals surface area contributed by atoms with Gasteiger partial charge in [0.2, 0.25) is 5.91 Å². The van der Waals surface area contributed by atoms with Gasteiger partial charge in [-0.25, -0.2) is 4.98 Å². The van der Waals surface area contributed by atoms with Crippen molar-refractivity contribution in [2.24, 2.45) is 5.92 Å². The summed E-state index contributed by atoms with van der Waals surface area (Å²) in [4.78, 5) is 17.4. The Morgan fingerprint density at radius 3 is 3.05 bits per heavy atom. The molecule has 5 nitrogen and oxygen atoms in total. The molecule has 118 valence electrons. The summed E-state index contributed by atoms with van der Waals surface area (Å²) in [6.45, 7) is 0.805. The van der Waals surface area contributed by atoms with Crippen LogP contribution in [0.3, 0.4) is 0 Å². The van der Waals surface area contributed by atoms with Crippen LogP contribution in [0.15, 0.2) is 36.2 Å². The summed E-state index contributed by atoms with van der Waals surface area (Å²) in [6.07, 6.45) is 8.07. The van der Waals surface area contributed by atoms with Crippen molar-refractivity contribution >= 4 is 17.2 Å². The van der Waals surface area contributed by atoms with Crippen LogP contribution in [0.25, 0.3) is 0 Å². The van der Waals surface area contributed by atoms with Gasteiger partial charge in [0.25, 0.3) is 0 Å². The lowest BCUT2D eigenvalue weighted by molar-refractivity contribution is -0.123. The Labute approximate surface area is 134 Å². The molecular formula is C16H21N3O2S. The van der Waals surface area contributed by atoms with Gasteiger partial charge in [0, 0.05) is 30.2 Å². The van der Waals surface area contributed by atoms with Crippen LogP contribution in [-0.4, -0.2) is 26.7 Å². The number of hydrogen-bond donors (Lipinski definition) is 2. The maximum atomic E-state index is 12.2. The molecule has 6 heteroatoms. The van der Waals surface area contributed by atoms with Crippen LogP contribution in [0.5, 0.6) is 0 Å². The van der Waals surface area contributed by atoms with E-state index in [9.17, 15) is 9.90 Å². The Kier molecular flexibility index (Phi) is 4.90. The average molecular weight is 319 g/mol. The molecule has 0 aromatic carbocycles. The van der Waals surface area contributed by atoms with Gasteiger partial charge in [-0.1, -0.05) is 6.07 Å². The highest BCUT2D eigenvalue weighted by Crippen LogP contribution is 2.39. The number of carbonyl (C=O) groups excluding carboxylic acids is 1. The second-order valence-electron chi connectivity index (χ2n) is 5.85. The van der Waals surface area contributed by atoms with Crippen molar-refractivity contribution in [3.05, 3.63) is 41.1 Å². The summed E-state index contributed by atoms with van der Waals surface area (Å²) in [5.41, 5.74) is 0. The van der Waals surface area contributed by atoms with Crippen LogP contribution in [0.2, 0.25) is 0 Å². The third-order valence-electron chi connectivity index (χ3n) is 4.17. The number of thiophene rings is 1. The predicted molar refractivity (Wildman–Crippen MR) is 85.4 cm³/mol. The van der Waals surface area contributed by atoms with Crippen molar-refractivity contribution in [1.29, 1.82) is 0 Å². The molecule has 0 saturated heterocycles. The van der Waals surface area contributed by atoms with Gasteiger partial charge >= 0.3 is 0 Å². The SMILES string of the molecule is O=C(CCCn1ccnc1)NC(c1cccs1)C1CC(O)C1. The molecule has 0 aliphatic heterocycles. The number of aliphatic hydroxyl groups excluding tert-OH is 1. The van der Waals surface area contributed by atoms with Crippen LogP contribution in [0.4, 0.5) is 0 Å². The number of aryl methyl sites for hydroxylation is 1. The highest BCUT2D eigenvalue weighted by molar-refractivity contribution is 7.10. The van der Waals surface area contributed by atoms with Gasteiger partial charge in [-0.3, -0.25) is 4.79 Å². The van der Waals surface area contributed by atoms with E-state index < -0.39 is 0 Å². The van der Waals surface area contributed by atoms with E-state index >= 15 is 0 Å². The molecule has 2 aromatic heterocycles. The number of hydrogen-bond acceptors (Lipinski definition) is 4. The fourth-order valence-corrected chi connectivity index (χ4v) is 3.75. The Hall–Kier alpha value is -1.66. The Balaban J connectivity index is 1.50. The smallest absolute Gasteiger partial charge is 0.220 e. The molecule has 1 atom stereocenters. The summed E-state index contributed by atoms with van der Waals surface area (Å²) in [6, 6.07) is 4.11. The summed E-state index contributed by atoms with van der Waals surface area (Å²) < 4.78 is 1.98. The first-order valence-corrected chi connectivity index (χ1v) is 8.57. The molecule has 0 bridgehead atoms. The van der Waals surface area contributed by atoms with Crippen LogP contribution < -0.4 is 5.32 Å². The Morgan fingerprint density at radius 1 is 1.55 bits per heavy atom. The number of nitrogens with zero attached hydrogens (tertiary/aromatic N) is 2. The second-order valence-corrected chi connectivity index (χ2v) is 6.83. The molecule has 1 fully saturated rings. The molecule has 1 amide bonds. The van der Waals surface area contributed by atoms with Gasteiger partial charge in [-0.2, -0.15) is 0 Å². The Bertz CT molecular complexity index is 577. The van der Waals surface area contributed by atoms with E-state index in [1.54, 1.807) is 23.9 Å². The van der Waals surface area contributed by atoms with E-state index in [0.717, 1.165) is 25.8 Å². The second kappa shape index (κ2) is 7.07. The minimum Gasteiger partial charge on any atom is -0.393 e. The maximum Gasteiger partial charge on any atom is 0.220 e. The van der Waals surface area contributed by atoms with Crippen molar-refractivity contribution in [3.8, 4) is 0 Å². The molecule has 2 aromatic rings. The van der Waals surface area contributed by atoms with Crippen molar-refractivity contribution in [1.82, 2.24) is 14.9 Å². The maximum absolute atomic E-state index is 12.2. The van der Waals surface area contributed by atoms with Gasteiger partial charge in [-0.15, -0.1) is 11.3 Å². The van der Waals surface area contributed by atoms with E-state index in [4.69, 9.17) is 0 Å². The molecule has 1 aliphatic carbocycles. The zero-order valence-electron chi connectivity index (χ0n) is 12.4. The molecular weight excluding hydrogens is 298 g/mol. The highest BCUT2D eigenvalue weighted by Gasteiger charge is 2.35. The third-order valence-corrected chi connectivity index (χ3v) is 5.12. The van der Waals surface area contributed by atoms with E-state index in [-0.39, 0.29) is 18.1 Å². The summed E-state index contributed by atoms with van der Waals surface area (Å²) in [5.74, 6) is 0.436. The van der Waals surface area contributed by atoms with Gasteiger partial charge < -0.3 is 15.0 Å². The zero-order valence-corrected chi connectivity index (χ0v) is 13.2. The zero-order chi connectivity index (χ0) is 15.4. The molecule has 22 heavy (non-hydrogen) atoms. The number of imidazole rings is 1. The minimum absolute atomic E-state index is 0.0455. The van der Waals surface area contributed by atoms with E-state index in [1.165, 1.54) is 4.88 Å². The monoisotopic (exact) mass is 319 g/mol. The van der Waals surface area contributed by atoms with E-state index in [1.807, 2.05) is 22.2 Å². The highest BCUT2D eigenvalue weighted by atomic mass is 32.1. The standard InChI is InChI=1S/C16H21N3O2S/c20-13-9-12(10-13)16(14-3-2-8-22-14)18-15(21)4-1-6-19-7-5-17-11-19/h2-3,5,7-8,11-13,16,20H,1,4,6,9-10H2,(H,18,21). The first-order valence-electron chi connectivity index (χ1n) is 7.69. The molecule has 2 N–H and O–H groups in total. The minimum atomic E-state index is -0.203. The summed E-state index contributed by atoms with van der Waals surface area (Å²) in [7, 11) is 0. The molecule has 0 spiro atoms. The average Bonchev–Trinajstić information content (AvgIpc) is 3.14. The van der Waals surface area contributed by atoms with Crippen LogP contribution >= 0.6 is 11.3 Å². The number of rotatable bonds is 7. The first kappa shape index (κ1) is 15.2. The fraction of sp³-hybridized carbons (Fsp3) is 0.500. The number of carbonyl (C=O) groups is 1. The van der Waals surface area contributed by atoms with Gasteiger partial charge in [0.05, 0.1) is 18.5 Å². The Morgan fingerprint density at radius 2 is 2.41 bits per heavy atom.